The van der Waals surface area contributed by atoms with Gasteiger partial charge < -0.3 is 10.8 Å². The quantitative estimate of drug-likeness (QED) is 0.412. The van der Waals surface area contributed by atoms with Crippen molar-refractivity contribution >= 4 is 17.4 Å². The first-order valence-corrected chi connectivity index (χ1v) is 4.10. The summed E-state index contributed by atoms with van der Waals surface area (Å²) in [6.07, 6.45) is 0. The van der Waals surface area contributed by atoms with E-state index < -0.39 is 5.91 Å². The molecule has 1 amide bonds. The lowest BCUT2D eigenvalue weighted by Gasteiger charge is -2.00. The maximum Gasteiger partial charge on any atom is 0.281 e. The molecule has 0 unspecified atom stereocenters. The lowest BCUT2D eigenvalue weighted by molar-refractivity contribution is 0.100. The third kappa shape index (κ3) is 2.54. The van der Waals surface area contributed by atoms with E-state index in [1.807, 2.05) is 0 Å². The Balaban J connectivity index is 3.20. The van der Waals surface area contributed by atoms with E-state index in [4.69, 9.17) is 12.3 Å². The van der Waals surface area contributed by atoms with Gasteiger partial charge in [-0.05, 0) is 19.1 Å². The number of benzene rings is 1. The molecule has 1 rings (SSSR count). The number of nitrogens with two attached hydrogens (primary N) is 1. The molecular weight excluding hydrogens is 194 g/mol. The van der Waals surface area contributed by atoms with Crippen LogP contribution in [-0.2, 0) is 0 Å². The lowest BCUT2D eigenvalue weighted by Crippen LogP contribution is -2.09. The number of phenolic OH excluding ortho intramolecular Hbond substituents is 1. The molecule has 0 aromatic heterocycles. The number of aliphatic imine (C=N–C) groups is 1. The highest BCUT2D eigenvalue weighted by molar-refractivity contribution is 6.04. The Morgan fingerprint density at radius 3 is 2.80 bits per heavy atom. The monoisotopic (exact) mass is 203 g/mol. The molecule has 0 aliphatic heterocycles. The largest absolute Gasteiger partial charge is 0.507 e. The zero-order valence-corrected chi connectivity index (χ0v) is 8.06. The van der Waals surface area contributed by atoms with Crippen LogP contribution in [-0.4, -0.2) is 16.8 Å². The van der Waals surface area contributed by atoms with Crippen LogP contribution in [0.5, 0.6) is 5.75 Å². The molecule has 0 saturated carbocycles. The first kappa shape index (κ1) is 10.7. The molecule has 5 nitrogen and oxygen atoms in total. The van der Waals surface area contributed by atoms with Crippen LogP contribution in [0.25, 0.3) is 4.85 Å². The molecule has 0 fully saturated rings. The van der Waals surface area contributed by atoms with Gasteiger partial charge in [0, 0.05) is 0 Å². The molecule has 15 heavy (non-hydrogen) atoms. The predicted molar refractivity (Wildman–Crippen MR) is 56.0 cm³/mol. The standard InChI is InChI=1S/C10H9N3O2/c1-6(11)13-10(15)8-5-7(12-2)3-4-9(8)14/h3-5,14H,1H3,(H2,11,13,15). The molecule has 1 aromatic carbocycles. The topological polar surface area (TPSA) is 80.0 Å². The van der Waals surface area contributed by atoms with Crippen molar-refractivity contribution in [1.29, 1.82) is 0 Å². The molecule has 0 spiro atoms. The van der Waals surface area contributed by atoms with Crippen molar-refractivity contribution in [2.45, 2.75) is 6.92 Å². The Labute approximate surface area is 86.7 Å². The third-order valence-electron chi connectivity index (χ3n) is 1.62. The van der Waals surface area contributed by atoms with E-state index >= 15 is 0 Å². The fraction of sp³-hybridized carbons (Fsp3) is 0.100. The van der Waals surface area contributed by atoms with Crippen molar-refractivity contribution in [3.8, 4) is 5.75 Å². The van der Waals surface area contributed by atoms with Crippen LogP contribution in [0.3, 0.4) is 0 Å². The number of amides is 1. The van der Waals surface area contributed by atoms with Gasteiger partial charge in [-0.15, -0.1) is 0 Å². The summed E-state index contributed by atoms with van der Waals surface area (Å²) >= 11 is 0. The highest BCUT2D eigenvalue weighted by atomic mass is 16.3. The summed E-state index contributed by atoms with van der Waals surface area (Å²) in [5.41, 5.74) is 5.48. The van der Waals surface area contributed by atoms with Gasteiger partial charge >= 0.3 is 0 Å². The molecular formula is C10H9N3O2. The SMILES string of the molecule is [C-]#[N+]c1ccc(O)c(C(=O)N=C(C)N)c1. The van der Waals surface area contributed by atoms with Crippen LogP contribution in [0.15, 0.2) is 23.2 Å². The third-order valence-corrected chi connectivity index (χ3v) is 1.62. The average molecular weight is 203 g/mol. The van der Waals surface area contributed by atoms with E-state index in [9.17, 15) is 9.90 Å². The van der Waals surface area contributed by atoms with Crippen LogP contribution < -0.4 is 5.73 Å². The second-order valence-electron chi connectivity index (χ2n) is 2.87. The minimum Gasteiger partial charge on any atom is -0.507 e. The van der Waals surface area contributed by atoms with Gasteiger partial charge in [-0.2, -0.15) is 4.99 Å². The highest BCUT2D eigenvalue weighted by Gasteiger charge is 2.10. The van der Waals surface area contributed by atoms with E-state index in [1.54, 1.807) is 0 Å². The van der Waals surface area contributed by atoms with Crippen molar-refractivity contribution in [1.82, 2.24) is 0 Å². The number of carbonyl (C=O) groups excluding carboxylic acids is 1. The van der Waals surface area contributed by atoms with Gasteiger partial charge in [0.1, 0.15) is 11.6 Å². The van der Waals surface area contributed by atoms with E-state index in [0.717, 1.165) is 0 Å². The summed E-state index contributed by atoms with van der Waals surface area (Å²) in [6, 6.07) is 3.97. The molecule has 0 aliphatic carbocycles. The van der Waals surface area contributed by atoms with Crippen molar-refractivity contribution in [2.24, 2.45) is 10.7 Å². The van der Waals surface area contributed by atoms with Gasteiger partial charge in [-0.3, -0.25) is 4.79 Å². The van der Waals surface area contributed by atoms with Crippen LogP contribution in [0, 0.1) is 6.57 Å². The Kier molecular flexibility index (Phi) is 3.03. The fourth-order valence-electron chi connectivity index (χ4n) is 0.985. The molecule has 1 aromatic rings. The fourth-order valence-corrected chi connectivity index (χ4v) is 0.985. The van der Waals surface area contributed by atoms with E-state index in [0.29, 0.717) is 0 Å². The number of carbonyl (C=O) groups is 1. The Bertz CT molecular complexity index is 468. The van der Waals surface area contributed by atoms with Gasteiger partial charge in [-0.1, -0.05) is 6.07 Å². The highest BCUT2D eigenvalue weighted by Crippen LogP contribution is 2.23. The normalized spacial score (nSPS) is 10.8. The van der Waals surface area contributed by atoms with Gasteiger partial charge in [0.15, 0.2) is 5.69 Å². The first-order chi connectivity index (χ1) is 7.04. The smallest absolute Gasteiger partial charge is 0.281 e. The maximum absolute atomic E-state index is 11.4. The Morgan fingerprint density at radius 1 is 1.60 bits per heavy atom. The summed E-state index contributed by atoms with van der Waals surface area (Å²) in [4.78, 5) is 18.0. The number of nitrogens with zero attached hydrogens (tertiary/aromatic N) is 2. The minimum absolute atomic E-state index is 0.0201. The maximum atomic E-state index is 11.4. The molecule has 3 N–H and O–H groups in total. The summed E-state index contributed by atoms with van der Waals surface area (Å²) in [5, 5.41) is 9.38. The first-order valence-electron chi connectivity index (χ1n) is 4.10. The molecule has 5 heteroatoms. The zero-order chi connectivity index (χ0) is 11.4. The molecule has 0 atom stereocenters. The number of aromatic hydroxyl groups is 1. The second kappa shape index (κ2) is 4.24. The van der Waals surface area contributed by atoms with Gasteiger partial charge in [0.2, 0.25) is 0 Å². The van der Waals surface area contributed by atoms with Gasteiger partial charge in [0.05, 0.1) is 12.1 Å². The zero-order valence-electron chi connectivity index (χ0n) is 8.06. The van der Waals surface area contributed by atoms with Crippen LogP contribution >= 0.6 is 0 Å². The molecule has 0 heterocycles. The van der Waals surface area contributed by atoms with Crippen LogP contribution in [0.2, 0.25) is 0 Å². The summed E-state index contributed by atoms with van der Waals surface area (Å²) in [6.45, 7) is 8.23. The van der Waals surface area contributed by atoms with Crippen LogP contribution in [0.1, 0.15) is 17.3 Å². The molecule has 0 saturated heterocycles. The van der Waals surface area contributed by atoms with Crippen molar-refractivity contribution < 1.29 is 9.90 Å². The van der Waals surface area contributed by atoms with Crippen molar-refractivity contribution in [2.75, 3.05) is 0 Å². The van der Waals surface area contributed by atoms with Crippen LogP contribution in [0.4, 0.5) is 5.69 Å². The number of hydrogen-bond acceptors (Lipinski definition) is 2. The van der Waals surface area contributed by atoms with E-state index in [1.165, 1.54) is 25.1 Å². The number of hydrogen-bond donors (Lipinski definition) is 2. The van der Waals surface area contributed by atoms with Gasteiger partial charge in [-0.25, -0.2) is 4.85 Å². The predicted octanol–water partition coefficient (Wildman–Crippen LogP) is 1.46. The van der Waals surface area contributed by atoms with E-state index in [2.05, 4.69) is 9.84 Å². The minimum atomic E-state index is -0.655. The second-order valence-corrected chi connectivity index (χ2v) is 2.87. The molecule has 0 radical (unpaired) electrons. The number of phenols is 1. The number of rotatable bonds is 1. The average Bonchev–Trinajstić information content (AvgIpc) is 2.17. The van der Waals surface area contributed by atoms with Gasteiger partial charge in [0.25, 0.3) is 5.91 Å². The van der Waals surface area contributed by atoms with Crippen molar-refractivity contribution in [3.05, 3.63) is 35.2 Å². The summed E-state index contributed by atoms with van der Waals surface area (Å²) in [5.74, 6) is -0.761. The van der Waals surface area contributed by atoms with Crippen molar-refractivity contribution in [3.63, 3.8) is 0 Å². The molecule has 76 valence electrons. The lowest BCUT2D eigenvalue weighted by atomic mass is 10.1. The Hall–Kier alpha value is -2.35. The van der Waals surface area contributed by atoms with E-state index in [-0.39, 0.29) is 22.8 Å². The molecule has 0 aliphatic rings. The summed E-state index contributed by atoms with van der Waals surface area (Å²) in [7, 11) is 0. The molecule has 0 bridgehead atoms. The Morgan fingerprint density at radius 2 is 2.27 bits per heavy atom. The summed E-state index contributed by atoms with van der Waals surface area (Å²) < 4.78 is 0. The number of amidine groups is 1.